The number of hydrogen-bond acceptors (Lipinski definition) is 2. The van der Waals surface area contributed by atoms with Gasteiger partial charge in [0.05, 0.1) is 0 Å². The normalized spacial score (nSPS) is 17.1. The zero-order valence-electron chi connectivity index (χ0n) is 8.41. The van der Waals surface area contributed by atoms with Gasteiger partial charge >= 0.3 is 5.97 Å². The van der Waals surface area contributed by atoms with E-state index in [4.69, 9.17) is 5.11 Å². The highest BCUT2D eigenvalue weighted by Gasteiger charge is 2.30. The van der Waals surface area contributed by atoms with Gasteiger partial charge in [-0.2, -0.15) is 0 Å². The van der Waals surface area contributed by atoms with E-state index in [1.165, 1.54) is 18.2 Å². The second kappa shape index (κ2) is 4.51. The van der Waals surface area contributed by atoms with Gasteiger partial charge in [-0.1, -0.05) is 15.9 Å². The maximum absolute atomic E-state index is 13.1. The fraction of sp³-hybridized carbons (Fsp3) is 0.364. The minimum Gasteiger partial charge on any atom is -0.480 e. The average Bonchev–Trinajstić information content (AvgIpc) is 3.02. The monoisotopic (exact) mass is 287 g/mol. The van der Waals surface area contributed by atoms with Crippen LogP contribution in [0, 0.1) is 5.82 Å². The van der Waals surface area contributed by atoms with Crippen LogP contribution in [0.25, 0.3) is 0 Å². The molecule has 1 unspecified atom stereocenters. The fourth-order valence-electron chi connectivity index (χ4n) is 1.52. The fourth-order valence-corrected chi connectivity index (χ4v) is 1.99. The lowest BCUT2D eigenvalue weighted by molar-refractivity contribution is -0.139. The van der Waals surface area contributed by atoms with Crippen molar-refractivity contribution in [2.45, 2.75) is 24.9 Å². The van der Waals surface area contributed by atoms with Gasteiger partial charge in [0.2, 0.25) is 0 Å². The molecule has 0 bridgehead atoms. The van der Waals surface area contributed by atoms with Crippen LogP contribution >= 0.6 is 15.9 Å². The van der Waals surface area contributed by atoms with Crippen LogP contribution in [0.4, 0.5) is 4.39 Å². The van der Waals surface area contributed by atoms with Crippen molar-refractivity contribution in [2.24, 2.45) is 0 Å². The van der Waals surface area contributed by atoms with Crippen LogP contribution in [0.15, 0.2) is 22.7 Å². The van der Waals surface area contributed by atoms with Crippen LogP contribution in [0.1, 0.15) is 24.4 Å². The molecule has 0 saturated heterocycles. The second-order valence-electron chi connectivity index (χ2n) is 3.88. The highest BCUT2D eigenvalue weighted by atomic mass is 79.9. The molecule has 0 radical (unpaired) electrons. The molecule has 1 atom stereocenters. The van der Waals surface area contributed by atoms with E-state index in [1.54, 1.807) is 0 Å². The molecular weight excluding hydrogens is 277 g/mol. The smallest absolute Gasteiger partial charge is 0.325 e. The SMILES string of the molecule is O=C(O)C(NC1CC1)c1cc(F)ccc1Br. The summed E-state index contributed by atoms with van der Waals surface area (Å²) in [6.45, 7) is 0. The molecule has 0 heterocycles. The van der Waals surface area contributed by atoms with Crippen molar-refractivity contribution in [1.82, 2.24) is 5.32 Å². The quantitative estimate of drug-likeness (QED) is 0.894. The zero-order valence-corrected chi connectivity index (χ0v) is 10.00. The molecule has 0 amide bonds. The molecular formula is C11H11BrFNO2. The first kappa shape index (κ1) is 11.5. The third kappa shape index (κ3) is 2.59. The van der Waals surface area contributed by atoms with Crippen molar-refractivity contribution in [1.29, 1.82) is 0 Å². The lowest BCUT2D eigenvalue weighted by atomic mass is 10.1. The standard InChI is InChI=1S/C11H11BrFNO2/c12-9-4-1-6(13)5-8(9)10(11(15)16)14-7-2-3-7/h1,4-5,7,10,14H,2-3H2,(H,15,16). The van der Waals surface area contributed by atoms with E-state index in [1.807, 2.05) is 0 Å². The van der Waals surface area contributed by atoms with Gasteiger partial charge in [0, 0.05) is 10.5 Å². The van der Waals surface area contributed by atoms with Gasteiger partial charge in [-0.25, -0.2) is 4.39 Å². The van der Waals surface area contributed by atoms with Crippen molar-refractivity contribution < 1.29 is 14.3 Å². The predicted octanol–water partition coefficient (Wildman–Crippen LogP) is 2.47. The van der Waals surface area contributed by atoms with Crippen molar-refractivity contribution >= 4 is 21.9 Å². The Morgan fingerprint density at radius 2 is 2.25 bits per heavy atom. The second-order valence-corrected chi connectivity index (χ2v) is 4.73. The minimum absolute atomic E-state index is 0.247. The molecule has 0 aliphatic heterocycles. The lowest BCUT2D eigenvalue weighted by Crippen LogP contribution is -2.30. The first-order valence-corrected chi connectivity index (χ1v) is 5.81. The third-order valence-corrected chi connectivity index (χ3v) is 3.22. The summed E-state index contributed by atoms with van der Waals surface area (Å²) in [5.74, 6) is -1.42. The van der Waals surface area contributed by atoms with Gasteiger partial charge in [-0.3, -0.25) is 10.1 Å². The number of carbonyl (C=O) groups is 1. The Morgan fingerprint density at radius 1 is 1.56 bits per heavy atom. The van der Waals surface area contributed by atoms with E-state index in [2.05, 4.69) is 21.2 Å². The molecule has 86 valence electrons. The molecule has 3 nitrogen and oxygen atoms in total. The van der Waals surface area contributed by atoms with Crippen LogP contribution in [-0.4, -0.2) is 17.1 Å². The molecule has 16 heavy (non-hydrogen) atoms. The summed E-state index contributed by atoms with van der Waals surface area (Å²) in [4.78, 5) is 11.1. The summed E-state index contributed by atoms with van der Waals surface area (Å²) in [7, 11) is 0. The zero-order chi connectivity index (χ0) is 11.7. The van der Waals surface area contributed by atoms with E-state index in [9.17, 15) is 9.18 Å². The topological polar surface area (TPSA) is 49.3 Å². The summed E-state index contributed by atoms with van der Waals surface area (Å²) in [6, 6.07) is 3.46. The average molecular weight is 288 g/mol. The van der Waals surface area contributed by atoms with Crippen LogP contribution in [0.3, 0.4) is 0 Å². The van der Waals surface area contributed by atoms with Crippen molar-refractivity contribution in [3.8, 4) is 0 Å². The van der Waals surface area contributed by atoms with Gasteiger partial charge in [-0.15, -0.1) is 0 Å². The van der Waals surface area contributed by atoms with Crippen LogP contribution in [0.5, 0.6) is 0 Å². The number of aliphatic carboxylic acids is 1. The number of nitrogens with one attached hydrogen (secondary N) is 1. The molecule has 5 heteroatoms. The van der Waals surface area contributed by atoms with E-state index >= 15 is 0 Å². The van der Waals surface area contributed by atoms with Gasteiger partial charge < -0.3 is 5.11 Å². The van der Waals surface area contributed by atoms with Crippen LogP contribution in [0.2, 0.25) is 0 Å². The van der Waals surface area contributed by atoms with Crippen molar-refractivity contribution in [3.05, 3.63) is 34.1 Å². The Labute approximate surface area is 101 Å². The number of hydrogen-bond donors (Lipinski definition) is 2. The third-order valence-electron chi connectivity index (χ3n) is 2.50. The first-order chi connectivity index (χ1) is 7.58. The molecule has 2 rings (SSSR count). The molecule has 1 aliphatic rings. The first-order valence-electron chi connectivity index (χ1n) is 5.01. The Balaban J connectivity index is 2.29. The highest BCUT2D eigenvalue weighted by molar-refractivity contribution is 9.10. The minimum atomic E-state index is -0.988. The molecule has 0 aromatic heterocycles. The highest BCUT2D eigenvalue weighted by Crippen LogP contribution is 2.29. The molecule has 1 saturated carbocycles. The number of benzene rings is 1. The van der Waals surface area contributed by atoms with Gasteiger partial charge in [0.15, 0.2) is 0 Å². The Bertz CT molecular complexity index is 420. The number of carboxylic acid groups (broad SMARTS) is 1. The van der Waals surface area contributed by atoms with E-state index < -0.39 is 17.8 Å². The Kier molecular flexibility index (Phi) is 3.25. The summed E-state index contributed by atoms with van der Waals surface area (Å²) in [6.07, 6.45) is 1.97. The van der Waals surface area contributed by atoms with Gasteiger partial charge in [0.25, 0.3) is 0 Å². The van der Waals surface area contributed by atoms with Gasteiger partial charge in [-0.05, 0) is 36.6 Å². The summed E-state index contributed by atoms with van der Waals surface area (Å²) >= 11 is 3.24. The largest absolute Gasteiger partial charge is 0.480 e. The molecule has 1 fully saturated rings. The van der Waals surface area contributed by atoms with E-state index in [0.29, 0.717) is 10.0 Å². The summed E-state index contributed by atoms with van der Waals surface area (Å²) in [5, 5.41) is 12.1. The number of halogens is 2. The maximum Gasteiger partial charge on any atom is 0.325 e. The Hall–Kier alpha value is -0.940. The molecule has 1 aliphatic carbocycles. The van der Waals surface area contributed by atoms with E-state index in [-0.39, 0.29) is 6.04 Å². The van der Waals surface area contributed by atoms with Crippen LogP contribution < -0.4 is 5.32 Å². The predicted molar refractivity (Wildman–Crippen MR) is 60.6 cm³/mol. The molecule has 1 aromatic carbocycles. The van der Waals surface area contributed by atoms with Gasteiger partial charge in [0.1, 0.15) is 11.9 Å². The molecule has 2 N–H and O–H groups in total. The lowest BCUT2D eigenvalue weighted by Gasteiger charge is -2.15. The van der Waals surface area contributed by atoms with Crippen molar-refractivity contribution in [2.75, 3.05) is 0 Å². The number of carboxylic acids is 1. The summed E-state index contributed by atoms with van der Waals surface area (Å²) < 4.78 is 13.7. The van der Waals surface area contributed by atoms with E-state index in [0.717, 1.165) is 12.8 Å². The maximum atomic E-state index is 13.1. The molecule has 1 aromatic rings. The number of rotatable bonds is 4. The summed E-state index contributed by atoms with van der Waals surface area (Å²) in [5.41, 5.74) is 0.430. The molecule has 0 spiro atoms. The Morgan fingerprint density at radius 3 is 2.81 bits per heavy atom. The van der Waals surface area contributed by atoms with Crippen LogP contribution in [-0.2, 0) is 4.79 Å². The van der Waals surface area contributed by atoms with Crippen molar-refractivity contribution in [3.63, 3.8) is 0 Å².